The zero-order valence-electron chi connectivity index (χ0n) is 13.4. The van der Waals surface area contributed by atoms with Crippen molar-refractivity contribution in [2.75, 3.05) is 12.4 Å². The molecule has 0 aliphatic rings. The number of halogens is 2. The first-order chi connectivity index (χ1) is 12.1. The molecule has 1 N–H and O–H groups in total. The summed E-state index contributed by atoms with van der Waals surface area (Å²) in [5, 5.41) is 7.30. The Hall–Kier alpha value is -2.86. The molecule has 1 aromatic heterocycles. The second-order valence-corrected chi connectivity index (χ2v) is 5.75. The van der Waals surface area contributed by atoms with Gasteiger partial charge in [0, 0.05) is 16.8 Å². The van der Waals surface area contributed by atoms with Crippen molar-refractivity contribution in [3.05, 3.63) is 76.8 Å². The van der Waals surface area contributed by atoms with Crippen molar-refractivity contribution in [3.8, 4) is 5.75 Å². The number of rotatable bonds is 5. The number of aromatic nitrogens is 2. The zero-order chi connectivity index (χ0) is 17.8. The molecule has 0 bridgehead atoms. The number of hydrogen-bond acceptors (Lipinski definition) is 3. The molecule has 25 heavy (non-hydrogen) atoms. The van der Waals surface area contributed by atoms with E-state index in [0.29, 0.717) is 27.6 Å². The summed E-state index contributed by atoms with van der Waals surface area (Å²) in [5.74, 6) is -0.252. The van der Waals surface area contributed by atoms with Crippen molar-refractivity contribution < 1.29 is 13.9 Å². The Morgan fingerprint density at radius 1 is 1.32 bits per heavy atom. The highest BCUT2D eigenvalue weighted by molar-refractivity contribution is 6.31. The Balaban J connectivity index is 1.74. The molecule has 3 aromatic rings. The maximum absolute atomic E-state index is 13.7. The molecule has 1 amide bonds. The normalized spacial score (nSPS) is 10.5. The van der Waals surface area contributed by atoms with Crippen LogP contribution in [0, 0.1) is 5.82 Å². The number of amides is 1. The lowest BCUT2D eigenvalue weighted by molar-refractivity contribution is 0.102. The first-order valence-corrected chi connectivity index (χ1v) is 7.85. The van der Waals surface area contributed by atoms with Crippen molar-refractivity contribution in [1.29, 1.82) is 0 Å². The summed E-state index contributed by atoms with van der Waals surface area (Å²) >= 11 is 5.94. The maximum atomic E-state index is 13.7. The van der Waals surface area contributed by atoms with Gasteiger partial charge in [-0.15, -0.1) is 0 Å². The monoisotopic (exact) mass is 359 g/mol. The van der Waals surface area contributed by atoms with Gasteiger partial charge in [0.25, 0.3) is 5.91 Å². The number of hydrogen-bond donors (Lipinski definition) is 1. The van der Waals surface area contributed by atoms with E-state index in [1.807, 2.05) is 0 Å². The van der Waals surface area contributed by atoms with Gasteiger partial charge in [0.1, 0.15) is 11.6 Å². The second-order valence-electron chi connectivity index (χ2n) is 5.32. The number of nitrogens with zero attached hydrogens (tertiary/aromatic N) is 2. The Labute approximate surface area is 149 Å². The van der Waals surface area contributed by atoms with E-state index in [2.05, 4.69) is 10.4 Å². The molecule has 0 saturated heterocycles. The van der Waals surface area contributed by atoms with Gasteiger partial charge in [-0.2, -0.15) is 5.10 Å². The topological polar surface area (TPSA) is 56.1 Å². The van der Waals surface area contributed by atoms with Crippen LogP contribution in [0.3, 0.4) is 0 Å². The molecule has 0 saturated carbocycles. The largest absolute Gasteiger partial charge is 0.496 e. The van der Waals surface area contributed by atoms with Crippen LogP contribution >= 0.6 is 11.6 Å². The van der Waals surface area contributed by atoms with Crippen LogP contribution in [0.4, 0.5) is 10.1 Å². The van der Waals surface area contributed by atoms with E-state index < -0.39 is 0 Å². The highest BCUT2D eigenvalue weighted by Crippen LogP contribution is 2.23. The van der Waals surface area contributed by atoms with E-state index >= 15 is 0 Å². The predicted molar refractivity (Wildman–Crippen MR) is 93.7 cm³/mol. The fourth-order valence-electron chi connectivity index (χ4n) is 2.37. The molecule has 5 nitrogen and oxygen atoms in total. The van der Waals surface area contributed by atoms with Crippen LogP contribution in [0.25, 0.3) is 0 Å². The van der Waals surface area contributed by atoms with E-state index in [1.165, 1.54) is 25.4 Å². The Kier molecular flexibility index (Phi) is 5.00. The first-order valence-electron chi connectivity index (χ1n) is 7.47. The van der Waals surface area contributed by atoms with E-state index in [9.17, 15) is 9.18 Å². The molecule has 1 heterocycles. The van der Waals surface area contributed by atoms with Gasteiger partial charge < -0.3 is 10.1 Å². The Bertz CT molecular complexity index is 911. The minimum absolute atomic E-state index is 0.267. The molecule has 0 aliphatic carbocycles. The molecule has 0 unspecified atom stereocenters. The molecule has 0 radical (unpaired) electrons. The molecule has 0 fully saturated rings. The number of ether oxygens (including phenoxy) is 1. The highest BCUT2D eigenvalue weighted by atomic mass is 35.5. The minimum atomic E-state index is -0.371. The van der Waals surface area contributed by atoms with Crippen molar-refractivity contribution in [1.82, 2.24) is 9.78 Å². The molecule has 7 heteroatoms. The summed E-state index contributed by atoms with van der Waals surface area (Å²) in [6.45, 7) is 0.267. The molecule has 0 aliphatic heterocycles. The van der Waals surface area contributed by atoms with E-state index in [0.717, 1.165) is 0 Å². The van der Waals surface area contributed by atoms with Crippen molar-refractivity contribution >= 4 is 23.2 Å². The van der Waals surface area contributed by atoms with Gasteiger partial charge in [0.15, 0.2) is 0 Å². The zero-order valence-corrected chi connectivity index (χ0v) is 14.1. The SMILES string of the molecule is COc1ccc(Cl)cc1C(=O)Nc1cnn(Cc2ccccc2F)c1. The van der Waals surface area contributed by atoms with Crippen LogP contribution in [0.1, 0.15) is 15.9 Å². The maximum Gasteiger partial charge on any atom is 0.259 e. The third-order valence-electron chi connectivity index (χ3n) is 3.59. The van der Waals surface area contributed by atoms with Crippen LogP contribution in [0.2, 0.25) is 5.02 Å². The molecule has 3 rings (SSSR count). The second kappa shape index (κ2) is 7.36. The molecule has 2 aromatic carbocycles. The van der Waals surface area contributed by atoms with Crippen molar-refractivity contribution in [2.24, 2.45) is 0 Å². The number of carbonyl (C=O) groups is 1. The summed E-state index contributed by atoms with van der Waals surface area (Å²) in [6, 6.07) is 11.3. The van der Waals surface area contributed by atoms with Gasteiger partial charge in [0.2, 0.25) is 0 Å². The minimum Gasteiger partial charge on any atom is -0.496 e. The fraction of sp³-hybridized carbons (Fsp3) is 0.111. The highest BCUT2D eigenvalue weighted by Gasteiger charge is 2.14. The quantitative estimate of drug-likeness (QED) is 0.749. The van der Waals surface area contributed by atoms with E-state index in [1.54, 1.807) is 41.2 Å². The third kappa shape index (κ3) is 3.97. The average Bonchev–Trinajstić information content (AvgIpc) is 3.04. The number of carbonyl (C=O) groups excluding carboxylic acids is 1. The van der Waals surface area contributed by atoms with Crippen LogP contribution in [0.5, 0.6) is 5.75 Å². The molecular formula is C18H15ClFN3O2. The van der Waals surface area contributed by atoms with E-state index in [-0.39, 0.29) is 18.3 Å². The van der Waals surface area contributed by atoms with Crippen LogP contribution in [-0.4, -0.2) is 22.8 Å². The smallest absolute Gasteiger partial charge is 0.259 e. The molecule has 0 atom stereocenters. The Morgan fingerprint density at radius 3 is 2.88 bits per heavy atom. The van der Waals surface area contributed by atoms with Crippen LogP contribution in [-0.2, 0) is 6.54 Å². The average molecular weight is 360 g/mol. The van der Waals surface area contributed by atoms with Crippen molar-refractivity contribution in [3.63, 3.8) is 0 Å². The van der Waals surface area contributed by atoms with Gasteiger partial charge in [-0.05, 0) is 24.3 Å². The van der Waals surface area contributed by atoms with Gasteiger partial charge in [0.05, 0.1) is 31.1 Å². The van der Waals surface area contributed by atoms with Crippen LogP contribution < -0.4 is 10.1 Å². The van der Waals surface area contributed by atoms with Gasteiger partial charge >= 0.3 is 0 Å². The van der Waals surface area contributed by atoms with Gasteiger partial charge in [-0.1, -0.05) is 29.8 Å². The number of methoxy groups -OCH3 is 1. The standard InChI is InChI=1S/C18H15ClFN3O2/c1-25-17-7-6-13(19)8-15(17)18(24)22-14-9-21-23(11-14)10-12-4-2-3-5-16(12)20/h2-9,11H,10H2,1H3,(H,22,24). The lowest BCUT2D eigenvalue weighted by Crippen LogP contribution is -2.13. The van der Waals surface area contributed by atoms with Crippen LogP contribution in [0.15, 0.2) is 54.9 Å². The predicted octanol–water partition coefficient (Wildman–Crippen LogP) is 3.98. The Morgan fingerprint density at radius 2 is 2.12 bits per heavy atom. The molecular weight excluding hydrogens is 345 g/mol. The molecule has 0 spiro atoms. The molecule has 128 valence electrons. The summed E-state index contributed by atoms with van der Waals surface area (Å²) < 4.78 is 20.4. The lowest BCUT2D eigenvalue weighted by atomic mass is 10.2. The first kappa shape index (κ1) is 17.0. The van der Waals surface area contributed by atoms with E-state index in [4.69, 9.17) is 16.3 Å². The summed E-state index contributed by atoms with van der Waals surface area (Å²) in [7, 11) is 1.48. The fourth-order valence-corrected chi connectivity index (χ4v) is 2.54. The number of benzene rings is 2. The van der Waals surface area contributed by atoms with Crippen molar-refractivity contribution in [2.45, 2.75) is 6.54 Å². The van der Waals surface area contributed by atoms with Gasteiger partial charge in [-0.3, -0.25) is 9.48 Å². The number of anilines is 1. The van der Waals surface area contributed by atoms with Gasteiger partial charge in [-0.25, -0.2) is 4.39 Å². The summed E-state index contributed by atoms with van der Waals surface area (Å²) in [4.78, 5) is 12.4. The third-order valence-corrected chi connectivity index (χ3v) is 3.82. The summed E-state index contributed by atoms with van der Waals surface area (Å²) in [5.41, 5.74) is 1.32. The summed E-state index contributed by atoms with van der Waals surface area (Å²) in [6.07, 6.45) is 3.12. The number of nitrogens with one attached hydrogen (secondary N) is 1. The lowest BCUT2D eigenvalue weighted by Gasteiger charge is -2.08.